The van der Waals surface area contributed by atoms with E-state index < -0.39 is 27.8 Å². The van der Waals surface area contributed by atoms with E-state index in [-0.39, 0.29) is 5.56 Å². The van der Waals surface area contributed by atoms with Crippen molar-refractivity contribution >= 4 is 29.0 Å². The zero-order valence-corrected chi connectivity index (χ0v) is 8.66. The van der Waals surface area contributed by atoms with Crippen molar-refractivity contribution in [2.45, 2.75) is 12.3 Å². The van der Waals surface area contributed by atoms with Crippen molar-refractivity contribution in [3.63, 3.8) is 0 Å². The minimum absolute atomic E-state index is 0.119. The zero-order chi connectivity index (χ0) is 10.9. The molecule has 1 unspecified atom stereocenters. The van der Waals surface area contributed by atoms with Gasteiger partial charge in [0.15, 0.2) is 5.78 Å². The van der Waals surface area contributed by atoms with Crippen LogP contribution in [0, 0.1) is 11.6 Å². The molecule has 14 heavy (non-hydrogen) atoms. The van der Waals surface area contributed by atoms with Crippen molar-refractivity contribution in [3.05, 3.63) is 34.4 Å². The largest absolute Gasteiger partial charge is 0.293 e. The Morgan fingerprint density at radius 2 is 1.79 bits per heavy atom. The van der Waals surface area contributed by atoms with Gasteiger partial charge in [-0.2, -0.15) is 0 Å². The molecule has 1 aromatic carbocycles. The molecule has 0 aliphatic rings. The molecule has 0 amide bonds. The van der Waals surface area contributed by atoms with Gasteiger partial charge in [0.25, 0.3) is 0 Å². The Bertz CT molecular complexity index is 354. The van der Waals surface area contributed by atoms with Crippen molar-refractivity contribution < 1.29 is 13.6 Å². The number of carbonyl (C=O) groups is 1. The summed E-state index contributed by atoms with van der Waals surface area (Å²) in [6.45, 7) is 1.42. The van der Waals surface area contributed by atoms with E-state index in [4.69, 9.17) is 23.2 Å². The molecule has 1 nitrogen and oxygen atoms in total. The monoisotopic (exact) mass is 238 g/mol. The van der Waals surface area contributed by atoms with Gasteiger partial charge in [-0.25, -0.2) is 8.78 Å². The van der Waals surface area contributed by atoms with Crippen molar-refractivity contribution in [1.82, 2.24) is 0 Å². The van der Waals surface area contributed by atoms with E-state index in [9.17, 15) is 13.6 Å². The summed E-state index contributed by atoms with van der Waals surface area (Å²) < 4.78 is 25.8. The second kappa shape index (κ2) is 4.24. The number of hydrogen-bond acceptors (Lipinski definition) is 1. The number of hydrogen-bond donors (Lipinski definition) is 0. The average Bonchev–Trinajstić information content (AvgIpc) is 2.12. The second-order valence-corrected chi connectivity index (χ2v) is 3.77. The fraction of sp³-hybridized carbons (Fsp3) is 0.222. The van der Waals surface area contributed by atoms with E-state index in [0.29, 0.717) is 0 Å². The summed E-state index contributed by atoms with van der Waals surface area (Å²) in [4.78, 5) is 11.3. The molecular formula is C9H6Cl2F2O. The van der Waals surface area contributed by atoms with Crippen molar-refractivity contribution in [1.29, 1.82) is 0 Å². The number of ketones is 1. The van der Waals surface area contributed by atoms with Gasteiger partial charge < -0.3 is 0 Å². The number of halogens is 4. The van der Waals surface area contributed by atoms with Crippen molar-refractivity contribution in [3.8, 4) is 0 Å². The summed E-state index contributed by atoms with van der Waals surface area (Å²) in [5.41, 5.74) is -0.119. The number of carbonyl (C=O) groups excluding carboxylic acids is 1. The SMILES string of the molecule is CC(Cl)C(=O)c1cc(F)c(Cl)c(F)c1. The van der Waals surface area contributed by atoms with E-state index in [2.05, 4.69) is 0 Å². The molecule has 0 N–H and O–H groups in total. The smallest absolute Gasteiger partial charge is 0.180 e. The molecule has 0 fully saturated rings. The van der Waals surface area contributed by atoms with Crippen LogP contribution in [0.2, 0.25) is 5.02 Å². The van der Waals surface area contributed by atoms with Gasteiger partial charge in [-0.05, 0) is 19.1 Å². The fourth-order valence-electron chi connectivity index (χ4n) is 0.927. The van der Waals surface area contributed by atoms with Gasteiger partial charge in [0.1, 0.15) is 16.7 Å². The standard InChI is InChI=1S/C9H6Cl2F2O/c1-4(10)9(14)5-2-6(12)8(11)7(13)3-5/h2-4H,1H3. The Morgan fingerprint density at radius 3 is 2.14 bits per heavy atom. The third-order valence-electron chi connectivity index (χ3n) is 1.63. The summed E-state index contributed by atoms with van der Waals surface area (Å²) in [5.74, 6) is -2.47. The molecule has 0 aliphatic carbocycles. The zero-order valence-electron chi connectivity index (χ0n) is 7.15. The Kier molecular flexibility index (Phi) is 3.45. The van der Waals surface area contributed by atoms with Crippen LogP contribution in [0.1, 0.15) is 17.3 Å². The molecule has 0 heterocycles. The molecular weight excluding hydrogens is 233 g/mol. The highest BCUT2D eigenvalue weighted by atomic mass is 35.5. The Hall–Kier alpha value is -0.670. The van der Waals surface area contributed by atoms with Gasteiger partial charge >= 0.3 is 0 Å². The third kappa shape index (κ3) is 2.22. The lowest BCUT2D eigenvalue weighted by Gasteiger charge is -2.04. The molecule has 1 atom stereocenters. The average molecular weight is 239 g/mol. The Balaban J connectivity index is 3.19. The lowest BCUT2D eigenvalue weighted by Crippen LogP contribution is -2.11. The summed E-state index contributed by atoms with van der Waals surface area (Å²) in [6, 6.07) is 1.74. The molecule has 0 aliphatic heterocycles. The van der Waals surface area contributed by atoms with Gasteiger partial charge in [0.05, 0.1) is 5.38 Å². The van der Waals surface area contributed by atoms with Crippen LogP contribution in [0.5, 0.6) is 0 Å². The first-order valence-corrected chi connectivity index (χ1v) is 4.57. The van der Waals surface area contributed by atoms with Crippen LogP contribution in [-0.2, 0) is 0 Å². The van der Waals surface area contributed by atoms with Gasteiger partial charge in [0.2, 0.25) is 0 Å². The number of alkyl halides is 1. The Labute approximate surface area is 89.6 Å². The molecule has 0 spiro atoms. The number of benzene rings is 1. The third-order valence-corrected chi connectivity index (χ3v) is 2.19. The highest BCUT2D eigenvalue weighted by Gasteiger charge is 2.16. The molecule has 1 rings (SSSR count). The topological polar surface area (TPSA) is 17.1 Å². The maximum atomic E-state index is 12.9. The maximum absolute atomic E-state index is 12.9. The molecule has 0 saturated carbocycles. The minimum Gasteiger partial charge on any atom is -0.293 e. The first-order chi connectivity index (χ1) is 6.43. The maximum Gasteiger partial charge on any atom is 0.180 e. The van der Waals surface area contributed by atoms with E-state index >= 15 is 0 Å². The summed E-state index contributed by atoms with van der Waals surface area (Å²) in [7, 11) is 0. The molecule has 0 radical (unpaired) electrons. The second-order valence-electron chi connectivity index (χ2n) is 2.73. The lowest BCUT2D eigenvalue weighted by molar-refractivity contribution is 0.0991. The van der Waals surface area contributed by atoms with Gasteiger partial charge in [-0.3, -0.25) is 4.79 Å². The molecule has 0 saturated heterocycles. The molecule has 76 valence electrons. The van der Waals surface area contributed by atoms with E-state index in [1.165, 1.54) is 6.92 Å². The first-order valence-electron chi connectivity index (χ1n) is 3.76. The number of rotatable bonds is 2. The first kappa shape index (κ1) is 11.4. The quantitative estimate of drug-likeness (QED) is 0.439. The fourth-order valence-corrected chi connectivity index (χ4v) is 1.16. The minimum atomic E-state index is -0.965. The lowest BCUT2D eigenvalue weighted by atomic mass is 10.1. The molecule has 0 bridgehead atoms. The van der Waals surface area contributed by atoms with Crippen LogP contribution in [-0.4, -0.2) is 11.2 Å². The van der Waals surface area contributed by atoms with Crippen LogP contribution in [0.25, 0.3) is 0 Å². The summed E-state index contributed by atoms with van der Waals surface area (Å²) in [6.07, 6.45) is 0. The van der Waals surface area contributed by atoms with Gasteiger partial charge in [0, 0.05) is 5.56 Å². The normalized spacial score (nSPS) is 12.6. The van der Waals surface area contributed by atoms with Crippen LogP contribution < -0.4 is 0 Å². The highest BCUT2D eigenvalue weighted by molar-refractivity contribution is 6.34. The van der Waals surface area contributed by atoms with Crippen molar-refractivity contribution in [2.24, 2.45) is 0 Å². The summed E-state index contributed by atoms with van der Waals surface area (Å²) >= 11 is 10.7. The molecule has 5 heteroatoms. The van der Waals surface area contributed by atoms with Gasteiger partial charge in [-0.15, -0.1) is 11.6 Å². The van der Waals surface area contributed by atoms with Gasteiger partial charge in [-0.1, -0.05) is 11.6 Å². The predicted molar refractivity (Wildman–Crippen MR) is 51.0 cm³/mol. The Morgan fingerprint density at radius 1 is 1.36 bits per heavy atom. The van der Waals surface area contributed by atoms with Crippen LogP contribution in [0.3, 0.4) is 0 Å². The van der Waals surface area contributed by atoms with Crippen molar-refractivity contribution in [2.75, 3.05) is 0 Å². The summed E-state index contributed by atoms with van der Waals surface area (Å²) in [5, 5.41) is -1.45. The van der Waals surface area contributed by atoms with Crippen LogP contribution in [0.4, 0.5) is 8.78 Å². The molecule has 1 aromatic rings. The van der Waals surface area contributed by atoms with Crippen LogP contribution in [0.15, 0.2) is 12.1 Å². The number of Topliss-reactive ketones (excluding diaryl/α,β-unsaturated/α-hetero) is 1. The van der Waals surface area contributed by atoms with E-state index in [1.54, 1.807) is 0 Å². The van der Waals surface area contributed by atoms with E-state index in [0.717, 1.165) is 12.1 Å². The highest BCUT2D eigenvalue weighted by Crippen LogP contribution is 2.21. The van der Waals surface area contributed by atoms with Crippen LogP contribution >= 0.6 is 23.2 Å². The predicted octanol–water partition coefficient (Wildman–Crippen LogP) is 3.43. The molecule has 0 aromatic heterocycles. The van der Waals surface area contributed by atoms with E-state index in [1.807, 2.05) is 0 Å².